The Hall–Kier alpha value is -3.74. The van der Waals surface area contributed by atoms with Gasteiger partial charge in [0, 0.05) is 11.5 Å². The van der Waals surface area contributed by atoms with Crippen LogP contribution in [0.3, 0.4) is 0 Å². The lowest BCUT2D eigenvalue weighted by atomic mass is 9.98. The van der Waals surface area contributed by atoms with Crippen LogP contribution in [0.25, 0.3) is 32.9 Å². The topological polar surface area (TPSA) is 99.4 Å². The number of hydrogen-bond acceptors (Lipinski definition) is 5. The highest BCUT2D eigenvalue weighted by Gasteiger charge is 2.30. The Balaban J connectivity index is 2.23. The second-order valence-corrected chi connectivity index (χ2v) is 5.47. The van der Waals surface area contributed by atoms with Gasteiger partial charge in [-0.2, -0.15) is 0 Å². The lowest BCUT2D eigenvalue weighted by molar-refractivity contribution is -0.401. The molecule has 0 unspecified atom stereocenters. The summed E-state index contributed by atoms with van der Waals surface area (Å²) < 4.78 is 5.44. The number of benzene rings is 3. The van der Waals surface area contributed by atoms with Crippen LogP contribution in [-0.2, 0) is 0 Å². The minimum absolute atomic E-state index is 0.129. The first-order chi connectivity index (χ1) is 12.1. The maximum absolute atomic E-state index is 11.5. The standard InChI is InChI=1S/C18H10N2O5/c21-19(22)14-8-4-3-7-13(14)17-16-12-6-2-1-5-11(12)9-10-15(16)25-18(17)20(23)24/h1-10H. The van der Waals surface area contributed by atoms with Crippen LogP contribution >= 0.6 is 0 Å². The van der Waals surface area contributed by atoms with E-state index in [1.54, 1.807) is 18.2 Å². The average Bonchev–Trinajstić information content (AvgIpc) is 3.02. The molecule has 0 fully saturated rings. The van der Waals surface area contributed by atoms with E-state index in [0.29, 0.717) is 11.0 Å². The van der Waals surface area contributed by atoms with Gasteiger partial charge in [-0.05, 0) is 22.9 Å². The Bertz CT molecular complexity index is 1160. The molecule has 122 valence electrons. The van der Waals surface area contributed by atoms with Gasteiger partial charge in [-0.15, -0.1) is 0 Å². The maximum Gasteiger partial charge on any atom is 0.442 e. The number of furan rings is 1. The summed E-state index contributed by atoms with van der Waals surface area (Å²) in [7, 11) is 0. The van der Waals surface area contributed by atoms with Crippen LogP contribution in [0, 0.1) is 20.2 Å². The number of nitro groups is 2. The minimum atomic E-state index is -0.652. The molecule has 3 aromatic carbocycles. The average molecular weight is 334 g/mol. The molecule has 4 rings (SSSR count). The summed E-state index contributed by atoms with van der Waals surface area (Å²) in [6.07, 6.45) is 0. The van der Waals surface area contributed by atoms with Gasteiger partial charge in [0.1, 0.15) is 16.1 Å². The van der Waals surface area contributed by atoms with Crippen LogP contribution < -0.4 is 0 Å². The largest absolute Gasteiger partial charge is 0.442 e. The van der Waals surface area contributed by atoms with Crippen molar-refractivity contribution in [1.82, 2.24) is 0 Å². The molecule has 0 N–H and O–H groups in total. The van der Waals surface area contributed by atoms with E-state index in [-0.39, 0.29) is 16.8 Å². The Morgan fingerprint density at radius 2 is 1.52 bits per heavy atom. The third-order valence-corrected chi connectivity index (χ3v) is 4.10. The highest BCUT2D eigenvalue weighted by atomic mass is 16.6. The molecule has 7 nitrogen and oxygen atoms in total. The van der Waals surface area contributed by atoms with Crippen molar-refractivity contribution in [1.29, 1.82) is 0 Å². The third kappa shape index (κ3) is 2.21. The van der Waals surface area contributed by atoms with E-state index in [4.69, 9.17) is 4.42 Å². The summed E-state index contributed by atoms with van der Waals surface area (Å²) in [6.45, 7) is 0. The zero-order chi connectivity index (χ0) is 17.6. The Morgan fingerprint density at radius 3 is 2.28 bits per heavy atom. The number of nitro benzene ring substituents is 1. The summed E-state index contributed by atoms with van der Waals surface area (Å²) in [5.41, 5.74) is 0.401. The van der Waals surface area contributed by atoms with Crippen LogP contribution in [0.5, 0.6) is 0 Å². The fourth-order valence-electron chi connectivity index (χ4n) is 3.08. The molecule has 0 aliphatic carbocycles. The molecule has 0 spiro atoms. The number of hydrogen-bond donors (Lipinski definition) is 0. The maximum atomic E-state index is 11.5. The molecule has 0 saturated heterocycles. The number of nitrogens with zero attached hydrogens (tertiary/aromatic N) is 2. The van der Waals surface area contributed by atoms with E-state index in [1.165, 1.54) is 18.2 Å². The molecular weight excluding hydrogens is 324 g/mol. The second-order valence-electron chi connectivity index (χ2n) is 5.47. The van der Waals surface area contributed by atoms with E-state index < -0.39 is 15.7 Å². The van der Waals surface area contributed by atoms with E-state index in [0.717, 1.165) is 10.8 Å². The predicted molar refractivity (Wildman–Crippen MR) is 92.5 cm³/mol. The van der Waals surface area contributed by atoms with Crippen molar-refractivity contribution in [3.8, 4) is 11.1 Å². The van der Waals surface area contributed by atoms with E-state index in [1.807, 2.05) is 24.3 Å². The van der Waals surface area contributed by atoms with Gasteiger partial charge in [0.2, 0.25) is 0 Å². The molecule has 4 aromatic rings. The molecule has 7 heteroatoms. The Kier molecular flexibility index (Phi) is 3.21. The smallest absolute Gasteiger partial charge is 0.400 e. The molecule has 0 saturated carbocycles. The van der Waals surface area contributed by atoms with Crippen molar-refractivity contribution in [2.45, 2.75) is 0 Å². The molecule has 0 amide bonds. The monoisotopic (exact) mass is 334 g/mol. The van der Waals surface area contributed by atoms with Crippen molar-refractivity contribution in [3.05, 3.63) is 80.9 Å². The number of rotatable bonds is 3. The van der Waals surface area contributed by atoms with Crippen LogP contribution in [0.2, 0.25) is 0 Å². The minimum Gasteiger partial charge on any atom is -0.400 e. The van der Waals surface area contributed by atoms with Gasteiger partial charge in [0.25, 0.3) is 5.69 Å². The molecular formula is C18H10N2O5. The first-order valence-corrected chi connectivity index (χ1v) is 7.40. The normalized spacial score (nSPS) is 11.0. The van der Waals surface area contributed by atoms with Gasteiger partial charge in [-0.25, -0.2) is 0 Å². The van der Waals surface area contributed by atoms with Gasteiger partial charge in [-0.3, -0.25) is 20.2 Å². The second kappa shape index (κ2) is 5.41. The Labute approximate surface area is 140 Å². The van der Waals surface area contributed by atoms with Crippen molar-refractivity contribution >= 4 is 33.3 Å². The fraction of sp³-hybridized carbons (Fsp3) is 0. The highest BCUT2D eigenvalue weighted by molar-refractivity contribution is 6.15. The summed E-state index contributed by atoms with van der Waals surface area (Å²) in [4.78, 5) is 21.7. The SMILES string of the molecule is O=[N+]([O-])c1ccccc1-c1c([N+](=O)[O-])oc2ccc3ccccc3c12. The van der Waals surface area contributed by atoms with Gasteiger partial charge in [0.15, 0.2) is 0 Å². The van der Waals surface area contributed by atoms with Crippen LogP contribution in [-0.4, -0.2) is 9.85 Å². The van der Waals surface area contributed by atoms with Crippen LogP contribution in [0.15, 0.2) is 65.1 Å². The van der Waals surface area contributed by atoms with Crippen molar-refractivity contribution < 1.29 is 14.3 Å². The lowest BCUT2D eigenvalue weighted by Gasteiger charge is -2.03. The molecule has 0 radical (unpaired) electrons. The number of fused-ring (bicyclic) bond motifs is 3. The van der Waals surface area contributed by atoms with Gasteiger partial charge >= 0.3 is 5.88 Å². The van der Waals surface area contributed by atoms with E-state index in [2.05, 4.69) is 0 Å². The lowest BCUT2D eigenvalue weighted by Crippen LogP contribution is -1.94. The zero-order valence-corrected chi connectivity index (χ0v) is 12.7. The van der Waals surface area contributed by atoms with E-state index in [9.17, 15) is 20.2 Å². The molecule has 0 aliphatic heterocycles. The van der Waals surface area contributed by atoms with E-state index >= 15 is 0 Å². The van der Waals surface area contributed by atoms with Gasteiger partial charge < -0.3 is 4.42 Å². The fourth-order valence-corrected chi connectivity index (χ4v) is 3.08. The van der Waals surface area contributed by atoms with Gasteiger partial charge in [0.05, 0.1) is 10.5 Å². The third-order valence-electron chi connectivity index (χ3n) is 4.10. The first kappa shape index (κ1) is 14.8. The summed E-state index contributed by atoms with van der Waals surface area (Å²) in [5, 5.41) is 25.0. The quantitative estimate of drug-likeness (QED) is 0.384. The van der Waals surface area contributed by atoms with Crippen molar-refractivity contribution in [2.24, 2.45) is 0 Å². The molecule has 1 heterocycles. The summed E-state index contributed by atoms with van der Waals surface area (Å²) in [6, 6.07) is 16.7. The summed E-state index contributed by atoms with van der Waals surface area (Å²) >= 11 is 0. The molecule has 1 aromatic heterocycles. The van der Waals surface area contributed by atoms with Crippen LogP contribution in [0.1, 0.15) is 0 Å². The first-order valence-electron chi connectivity index (χ1n) is 7.40. The summed E-state index contributed by atoms with van der Waals surface area (Å²) in [5.74, 6) is -0.499. The predicted octanol–water partition coefficient (Wildman–Crippen LogP) is 5.07. The highest BCUT2D eigenvalue weighted by Crippen LogP contribution is 2.45. The van der Waals surface area contributed by atoms with Crippen molar-refractivity contribution in [2.75, 3.05) is 0 Å². The molecule has 0 aliphatic rings. The Morgan fingerprint density at radius 1 is 0.800 bits per heavy atom. The zero-order valence-electron chi connectivity index (χ0n) is 12.7. The van der Waals surface area contributed by atoms with Gasteiger partial charge in [-0.1, -0.05) is 42.5 Å². The molecule has 25 heavy (non-hydrogen) atoms. The van der Waals surface area contributed by atoms with Crippen LogP contribution in [0.4, 0.5) is 11.6 Å². The van der Waals surface area contributed by atoms with Crippen molar-refractivity contribution in [3.63, 3.8) is 0 Å². The molecule has 0 bridgehead atoms. The molecule has 0 atom stereocenters. The number of para-hydroxylation sites is 1.